The molecule has 0 saturated heterocycles. The minimum Gasteiger partial charge on any atom is -0.455 e. The van der Waals surface area contributed by atoms with Crippen LogP contribution in [0.25, 0.3) is 110 Å². The van der Waals surface area contributed by atoms with Gasteiger partial charge in [-0.3, -0.25) is 0 Å². The van der Waals surface area contributed by atoms with Crippen molar-refractivity contribution in [1.82, 2.24) is 0 Å². The SMILES string of the molecule is c1ccc2cc(-c3ccc(-c4ccc5ccc6c(-c7ccc(-c8cccc9c8oc8ccccc89)cc7)ccc7ccc4c5c76)cc3)ccc2c1. The van der Waals surface area contributed by atoms with Gasteiger partial charge in [0.25, 0.3) is 0 Å². The fourth-order valence-electron chi connectivity index (χ4n) is 8.32. The van der Waals surface area contributed by atoms with Gasteiger partial charge in [0, 0.05) is 16.3 Å². The first kappa shape index (κ1) is 28.2. The Morgan fingerprint density at radius 2 is 0.784 bits per heavy atom. The molecule has 0 spiro atoms. The molecule has 51 heavy (non-hydrogen) atoms. The highest BCUT2D eigenvalue weighted by Gasteiger charge is 2.16. The van der Waals surface area contributed by atoms with Crippen molar-refractivity contribution in [2.75, 3.05) is 0 Å². The molecular weight excluding hydrogens is 617 g/mol. The normalized spacial score (nSPS) is 11.9. The zero-order chi connectivity index (χ0) is 33.5. The van der Waals surface area contributed by atoms with Crippen LogP contribution in [0.2, 0.25) is 0 Å². The van der Waals surface area contributed by atoms with Gasteiger partial charge in [0.1, 0.15) is 11.2 Å². The monoisotopic (exact) mass is 646 g/mol. The van der Waals surface area contributed by atoms with E-state index in [1.54, 1.807) is 0 Å². The van der Waals surface area contributed by atoms with Crippen LogP contribution in [0.1, 0.15) is 0 Å². The van der Waals surface area contributed by atoms with Gasteiger partial charge >= 0.3 is 0 Å². The van der Waals surface area contributed by atoms with Crippen molar-refractivity contribution >= 4 is 65.0 Å². The lowest BCUT2D eigenvalue weighted by Gasteiger charge is -2.17. The van der Waals surface area contributed by atoms with Crippen LogP contribution in [-0.2, 0) is 0 Å². The maximum atomic E-state index is 6.36. The van der Waals surface area contributed by atoms with Gasteiger partial charge in [0.2, 0.25) is 0 Å². The first-order valence-electron chi connectivity index (χ1n) is 17.6. The van der Waals surface area contributed by atoms with Gasteiger partial charge in [-0.05, 0) is 94.2 Å². The largest absolute Gasteiger partial charge is 0.455 e. The third-order valence-electron chi connectivity index (χ3n) is 10.9. The summed E-state index contributed by atoms with van der Waals surface area (Å²) >= 11 is 0. The third kappa shape index (κ3) is 4.35. The molecule has 0 N–H and O–H groups in total. The Bertz CT molecular complexity index is 3110. The van der Waals surface area contributed by atoms with E-state index in [-0.39, 0.29) is 0 Å². The molecule has 0 radical (unpaired) electrons. The average molecular weight is 647 g/mol. The van der Waals surface area contributed by atoms with Crippen molar-refractivity contribution in [2.45, 2.75) is 0 Å². The van der Waals surface area contributed by atoms with Crippen LogP contribution in [0, 0.1) is 0 Å². The summed E-state index contributed by atoms with van der Waals surface area (Å²) in [6.07, 6.45) is 0. The zero-order valence-electron chi connectivity index (χ0n) is 27.7. The van der Waals surface area contributed by atoms with Crippen molar-refractivity contribution in [3.63, 3.8) is 0 Å². The van der Waals surface area contributed by atoms with Crippen molar-refractivity contribution < 1.29 is 4.42 Å². The second kappa shape index (κ2) is 10.9. The number of furan rings is 1. The smallest absolute Gasteiger partial charge is 0.143 e. The number of para-hydroxylation sites is 2. The van der Waals surface area contributed by atoms with E-state index in [0.29, 0.717) is 0 Å². The molecule has 11 rings (SSSR count). The summed E-state index contributed by atoms with van der Waals surface area (Å²) in [6.45, 7) is 0. The van der Waals surface area contributed by atoms with Gasteiger partial charge in [0.15, 0.2) is 0 Å². The molecule has 1 heterocycles. The van der Waals surface area contributed by atoms with E-state index in [0.717, 1.165) is 33.1 Å². The number of hydrogen-bond acceptors (Lipinski definition) is 1. The summed E-state index contributed by atoms with van der Waals surface area (Å²) in [6, 6.07) is 66.3. The van der Waals surface area contributed by atoms with Crippen LogP contribution in [0.4, 0.5) is 0 Å². The quantitative estimate of drug-likeness (QED) is 0.173. The average Bonchev–Trinajstić information content (AvgIpc) is 3.59. The molecule has 0 aliphatic heterocycles. The summed E-state index contributed by atoms with van der Waals surface area (Å²) < 4.78 is 6.36. The summed E-state index contributed by atoms with van der Waals surface area (Å²) in [4.78, 5) is 0. The van der Waals surface area contributed by atoms with Crippen LogP contribution in [0.15, 0.2) is 186 Å². The molecule has 1 aromatic heterocycles. The standard InChI is InChI=1S/C50H30O/c1-2-7-38-30-39(21-14-31(38)6-1)32-12-15-33(16-13-32)40-26-22-36-25-29-45-41(27-23-37-24-28-44(40)48(36)49(37)45)34-17-19-35(20-18-34)42-9-5-10-46-43-8-3-4-11-47(43)51-50(42)46/h1-30H. The number of fused-ring (bicyclic) bond motifs is 4. The molecule has 0 saturated carbocycles. The van der Waals surface area contributed by atoms with E-state index in [4.69, 9.17) is 4.42 Å². The van der Waals surface area contributed by atoms with Crippen molar-refractivity contribution in [3.8, 4) is 44.5 Å². The lowest BCUT2D eigenvalue weighted by Crippen LogP contribution is -1.90. The molecule has 0 unspecified atom stereocenters. The predicted octanol–water partition coefficient (Wildman–Crippen LogP) is 14.3. The van der Waals surface area contributed by atoms with Gasteiger partial charge in [-0.25, -0.2) is 0 Å². The maximum absolute atomic E-state index is 6.36. The van der Waals surface area contributed by atoms with Crippen LogP contribution < -0.4 is 0 Å². The van der Waals surface area contributed by atoms with E-state index >= 15 is 0 Å². The third-order valence-corrected chi connectivity index (χ3v) is 10.9. The van der Waals surface area contributed by atoms with Gasteiger partial charge in [0.05, 0.1) is 0 Å². The van der Waals surface area contributed by atoms with Gasteiger partial charge in [-0.2, -0.15) is 0 Å². The Labute approximate surface area is 295 Å². The minimum atomic E-state index is 0.923. The molecular formula is C50H30O. The molecule has 11 aromatic rings. The Balaban J connectivity index is 0.997. The summed E-state index contributed by atoms with van der Waals surface area (Å²) in [7, 11) is 0. The van der Waals surface area contributed by atoms with Crippen molar-refractivity contribution in [2.24, 2.45) is 0 Å². The molecule has 236 valence electrons. The van der Waals surface area contributed by atoms with E-state index < -0.39 is 0 Å². The highest BCUT2D eigenvalue weighted by molar-refractivity contribution is 6.27. The molecule has 0 aliphatic rings. The highest BCUT2D eigenvalue weighted by atomic mass is 16.3. The number of hydrogen-bond donors (Lipinski definition) is 0. The van der Waals surface area contributed by atoms with Gasteiger partial charge in [-0.1, -0.05) is 170 Å². The maximum Gasteiger partial charge on any atom is 0.143 e. The van der Waals surface area contributed by atoms with E-state index in [2.05, 4.69) is 170 Å². The Morgan fingerprint density at radius 1 is 0.275 bits per heavy atom. The second-order valence-corrected chi connectivity index (χ2v) is 13.6. The van der Waals surface area contributed by atoms with Gasteiger partial charge in [-0.15, -0.1) is 0 Å². The molecule has 0 fully saturated rings. The number of rotatable bonds is 4. The van der Waals surface area contributed by atoms with E-state index in [1.807, 2.05) is 12.1 Å². The Kier molecular flexibility index (Phi) is 6.02. The van der Waals surface area contributed by atoms with E-state index in [1.165, 1.54) is 76.5 Å². The summed E-state index contributed by atoms with van der Waals surface area (Å²) in [5.74, 6) is 0. The van der Waals surface area contributed by atoms with E-state index in [9.17, 15) is 0 Å². The van der Waals surface area contributed by atoms with Crippen LogP contribution >= 0.6 is 0 Å². The van der Waals surface area contributed by atoms with Crippen LogP contribution in [-0.4, -0.2) is 0 Å². The predicted molar refractivity (Wildman–Crippen MR) is 217 cm³/mol. The molecule has 0 atom stereocenters. The van der Waals surface area contributed by atoms with Crippen molar-refractivity contribution in [1.29, 1.82) is 0 Å². The molecule has 0 bridgehead atoms. The second-order valence-electron chi connectivity index (χ2n) is 13.6. The Morgan fingerprint density at radius 3 is 1.47 bits per heavy atom. The minimum absolute atomic E-state index is 0.923. The molecule has 0 amide bonds. The first-order valence-corrected chi connectivity index (χ1v) is 17.6. The fourth-order valence-corrected chi connectivity index (χ4v) is 8.32. The van der Waals surface area contributed by atoms with Crippen LogP contribution in [0.3, 0.4) is 0 Å². The van der Waals surface area contributed by atoms with Crippen molar-refractivity contribution in [3.05, 3.63) is 182 Å². The lowest BCUT2D eigenvalue weighted by atomic mass is 9.87. The molecule has 10 aromatic carbocycles. The fraction of sp³-hybridized carbons (Fsp3) is 0. The zero-order valence-corrected chi connectivity index (χ0v) is 27.7. The topological polar surface area (TPSA) is 13.1 Å². The van der Waals surface area contributed by atoms with Gasteiger partial charge < -0.3 is 4.42 Å². The molecule has 1 nitrogen and oxygen atoms in total. The van der Waals surface area contributed by atoms with Crippen LogP contribution in [0.5, 0.6) is 0 Å². The summed E-state index contributed by atoms with van der Waals surface area (Å²) in [5, 5.41) is 12.6. The number of benzene rings is 10. The highest BCUT2D eigenvalue weighted by Crippen LogP contribution is 2.43. The Hall–Kier alpha value is -6.70. The molecule has 1 heteroatoms. The summed E-state index contributed by atoms with van der Waals surface area (Å²) in [5.41, 5.74) is 11.5. The lowest BCUT2D eigenvalue weighted by molar-refractivity contribution is 0.670. The molecule has 0 aliphatic carbocycles. The first-order chi connectivity index (χ1) is 25.3.